The molecule has 0 saturated carbocycles. The van der Waals surface area contributed by atoms with Gasteiger partial charge in [0, 0.05) is 23.5 Å². The Morgan fingerprint density at radius 2 is 2.00 bits per heavy atom. The monoisotopic (exact) mass is 357 g/mol. The summed E-state index contributed by atoms with van der Waals surface area (Å²) < 4.78 is 10.3. The number of hydrogen-bond donors (Lipinski definition) is 2. The summed E-state index contributed by atoms with van der Waals surface area (Å²) in [5.41, 5.74) is 7.09. The van der Waals surface area contributed by atoms with E-state index in [4.69, 9.17) is 15.2 Å². The van der Waals surface area contributed by atoms with Gasteiger partial charge >= 0.3 is 5.97 Å². The Balaban J connectivity index is 1.58. The van der Waals surface area contributed by atoms with Crippen molar-refractivity contribution in [2.45, 2.75) is 6.61 Å². The highest BCUT2D eigenvalue weighted by atomic mass is 32.1. The molecule has 0 fully saturated rings. The van der Waals surface area contributed by atoms with E-state index >= 15 is 0 Å². The van der Waals surface area contributed by atoms with E-state index in [1.54, 1.807) is 12.5 Å². The Morgan fingerprint density at radius 1 is 1.24 bits per heavy atom. The standard InChI is InChI=1S/C16H15N5O3S/c1-23-12-4-2-10(3-5-12)20-16-21-11(9-25-16)8-24-15(22)13-14(17)19-7-6-18-13/h2-7,9H,8H2,1H3,(H2,17,19)(H,20,21). The van der Waals surface area contributed by atoms with Crippen molar-refractivity contribution in [2.75, 3.05) is 18.2 Å². The van der Waals surface area contributed by atoms with Gasteiger partial charge in [0.15, 0.2) is 16.6 Å². The van der Waals surface area contributed by atoms with Gasteiger partial charge < -0.3 is 20.5 Å². The highest BCUT2D eigenvalue weighted by molar-refractivity contribution is 7.13. The van der Waals surface area contributed by atoms with Crippen LogP contribution in [-0.2, 0) is 11.3 Å². The average molecular weight is 357 g/mol. The molecule has 0 radical (unpaired) electrons. The van der Waals surface area contributed by atoms with E-state index < -0.39 is 5.97 Å². The molecule has 0 amide bonds. The predicted octanol–water partition coefficient (Wildman–Crippen LogP) is 2.62. The summed E-state index contributed by atoms with van der Waals surface area (Å²) in [5, 5.41) is 5.67. The lowest BCUT2D eigenvalue weighted by Gasteiger charge is -2.04. The molecule has 9 heteroatoms. The van der Waals surface area contributed by atoms with Crippen LogP contribution in [0.5, 0.6) is 5.75 Å². The van der Waals surface area contributed by atoms with E-state index in [2.05, 4.69) is 20.3 Å². The van der Waals surface area contributed by atoms with Gasteiger partial charge in [0.05, 0.1) is 12.8 Å². The summed E-state index contributed by atoms with van der Waals surface area (Å²) in [7, 11) is 1.62. The zero-order valence-electron chi connectivity index (χ0n) is 13.3. The minimum absolute atomic E-state index is 0.00527. The van der Waals surface area contributed by atoms with Gasteiger partial charge in [-0.3, -0.25) is 0 Å². The highest BCUT2D eigenvalue weighted by Gasteiger charge is 2.14. The molecule has 3 N–H and O–H groups in total. The molecule has 3 aromatic rings. The molecule has 0 unspecified atom stereocenters. The Bertz CT molecular complexity index is 866. The van der Waals surface area contributed by atoms with Crippen LogP contribution in [0.4, 0.5) is 16.6 Å². The maximum atomic E-state index is 11.9. The predicted molar refractivity (Wildman–Crippen MR) is 94.0 cm³/mol. The number of esters is 1. The van der Waals surface area contributed by atoms with E-state index in [1.165, 1.54) is 23.7 Å². The van der Waals surface area contributed by atoms with Gasteiger partial charge in [0.2, 0.25) is 0 Å². The number of nitrogens with zero attached hydrogens (tertiary/aromatic N) is 3. The number of thiazole rings is 1. The number of rotatable bonds is 6. The SMILES string of the molecule is COc1ccc(Nc2nc(COC(=O)c3nccnc3N)cs2)cc1. The van der Waals surface area contributed by atoms with E-state index in [9.17, 15) is 4.79 Å². The summed E-state index contributed by atoms with van der Waals surface area (Å²) in [5.74, 6) is 0.177. The van der Waals surface area contributed by atoms with Gasteiger partial charge in [0.25, 0.3) is 0 Å². The van der Waals surface area contributed by atoms with Gasteiger partial charge in [-0.15, -0.1) is 11.3 Å². The maximum absolute atomic E-state index is 11.9. The van der Waals surface area contributed by atoms with E-state index in [1.807, 2.05) is 24.3 Å². The van der Waals surface area contributed by atoms with Gasteiger partial charge in [-0.05, 0) is 24.3 Å². The topological polar surface area (TPSA) is 112 Å². The van der Waals surface area contributed by atoms with Crippen LogP contribution in [0.25, 0.3) is 0 Å². The minimum atomic E-state index is -0.636. The van der Waals surface area contributed by atoms with Gasteiger partial charge in [0.1, 0.15) is 12.4 Å². The molecule has 0 aliphatic rings. The summed E-state index contributed by atoms with van der Waals surface area (Å²) in [6.07, 6.45) is 2.79. The third-order valence-electron chi connectivity index (χ3n) is 3.16. The summed E-state index contributed by atoms with van der Waals surface area (Å²) in [6, 6.07) is 7.47. The van der Waals surface area contributed by atoms with E-state index in [0.29, 0.717) is 10.8 Å². The second-order valence-electron chi connectivity index (χ2n) is 4.86. The third kappa shape index (κ3) is 4.21. The fourth-order valence-corrected chi connectivity index (χ4v) is 2.66. The molecule has 0 aliphatic carbocycles. The first-order valence-electron chi connectivity index (χ1n) is 7.25. The number of nitrogen functional groups attached to an aromatic ring is 1. The fraction of sp³-hybridized carbons (Fsp3) is 0.125. The first-order chi connectivity index (χ1) is 12.2. The smallest absolute Gasteiger partial charge is 0.361 e. The van der Waals surface area contributed by atoms with Crippen LogP contribution in [0.3, 0.4) is 0 Å². The van der Waals surface area contributed by atoms with Crippen LogP contribution in [0.15, 0.2) is 42.0 Å². The number of nitrogens with two attached hydrogens (primary N) is 1. The normalized spacial score (nSPS) is 10.3. The number of hydrogen-bond acceptors (Lipinski definition) is 9. The van der Waals surface area contributed by atoms with Gasteiger partial charge in [-0.1, -0.05) is 0 Å². The number of nitrogens with one attached hydrogen (secondary N) is 1. The van der Waals surface area contributed by atoms with E-state index in [0.717, 1.165) is 11.4 Å². The quantitative estimate of drug-likeness (QED) is 0.648. The summed E-state index contributed by atoms with van der Waals surface area (Å²) >= 11 is 1.41. The van der Waals surface area contributed by atoms with E-state index in [-0.39, 0.29) is 18.1 Å². The van der Waals surface area contributed by atoms with Crippen molar-refractivity contribution in [3.8, 4) is 5.75 Å². The average Bonchev–Trinajstić information content (AvgIpc) is 3.08. The molecule has 8 nitrogen and oxygen atoms in total. The number of carbonyl (C=O) groups is 1. The largest absolute Gasteiger partial charge is 0.497 e. The number of anilines is 3. The van der Waals surface area contributed by atoms with Crippen LogP contribution < -0.4 is 15.8 Å². The molecule has 2 heterocycles. The molecule has 2 aromatic heterocycles. The van der Waals surface area contributed by atoms with Crippen LogP contribution in [0.1, 0.15) is 16.2 Å². The van der Waals surface area contributed by atoms with Crippen molar-refractivity contribution in [3.05, 3.63) is 53.4 Å². The molecule has 0 spiro atoms. The Kier molecular flexibility index (Phi) is 5.05. The number of benzene rings is 1. The first-order valence-corrected chi connectivity index (χ1v) is 8.13. The lowest BCUT2D eigenvalue weighted by molar-refractivity contribution is 0.0462. The molecule has 0 aliphatic heterocycles. The Morgan fingerprint density at radius 3 is 2.72 bits per heavy atom. The zero-order chi connectivity index (χ0) is 17.6. The maximum Gasteiger partial charge on any atom is 0.361 e. The van der Waals surface area contributed by atoms with Crippen LogP contribution in [-0.4, -0.2) is 28.0 Å². The Hall–Kier alpha value is -3.20. The number of ether oxygens (including phenoxy) is 2. The van der Waals surface area contributed by atoms with Crippen molar-refractivity contribution >= 4 is 33.9 Å². The zero-order valence-corrected chi connectivity index (χ0v) is 14.1. The molecular weight excluding hydrogens is 342 g/mol. The molecule has 1 aromatic carbocycles. The van der Waals surface area contributed by atoms with Crippen LogP contribution >= 0.6 is 11.3 Å². The molecule has 3 rings (SSSR count). The lowest BCUT2D eigenvalue weighted by atomic mass is 10.3. The van der Waals surface area contributed by atoms with Crippen molar-refractivity contribution in [3.63, 3.8) is 0 Å². The number of aromatic nitrogens is 3. The molecule has 128 valence electrons. The first kappa shape index (κ1) is 16.7. The minimum Gasteiger partial charge on any atom is -0.497 e. The second-order valence-corrected chi connectivity index (χ2v) is 5.72. The molecule has 0 bridgehead atoms. The molecular formula is C16H15N5O3S. The third-order valence-corrected chi connectivity index (χ3v) is 3.97. The van der Waals surface area contributed by atoms with Gasteiger partial charge in [-0.2, -0.15) is 0 Å². The van der Waals surface area contributed by atoms with Crippen LogP contribution in [0.2, 0.25) is 0 Å². The Labute approximate surface area is 147 Å². The lowest BCUT2D eigenvalue weighted by Crippen LogP contribution is -2.11. The van der Waals surface area contributed by atoms with Crippen molar-refractivity contribution in [1.82, 2.24) is 15.0 Å². The van der Waals surface area contributed by atoms with Crippen molar-refractivity contribution < 1.29 is 14.3 Å². The molecule has 25 heavy (non-hydrogen) atoms. The summed E-state index contributed by atoms with van der Waals surface area (Å²) in [4.78, 5) is 24.0. The van der Waals surface area contributed by atoms with Crippen molar-refractivity contribution in [1.29, 1.82) is 0 Å². The highest BCUT2D eigenvalue weighted by Crippen LogP contribution is 2.23. The molecule has 0 atom stereocenters. The number of methoxy groups -OCH3 is 1. The van der Waals surface area contributed by atoms with Crippen molar-refractivity contribution in [2.24, 2.45) is 0 Å². The van der Waals surface area contributed by atoms with Crippen LogP contribution in [0, 0.1) is 0 Å². The fourth-order valence-electron chi connectivity index (χ4n) is 1.94. The number of carbonyl (C=O) groups excluding carboxylic acids is 1. The van der Waals surface area contributed by atoms with Gasteiger partial charge in [-0.25, -0.2) is 19.7 Å². The second kappa shape index (κ2) is 7.58. The summed E-state index contributed by atoms with van der Waals surface area (Å²) in [6.45, 7) is 0.0235. The molecule has 0 saturated heterocycles.